The number of hydrogen-bond acceptors (Lipinski definition) is 6. The summed E-state index contributed by atoms with van der Waals surface area (Å²) >= 11 is 6.03. The van der Waals surface area contributed by atoms with Crippen LogP contribution in [-0.2, 0) is 6.54 Å². The molecule has 0 N–H and O–H groups in total. The van der Waals surface area contributed by atoms with Gasteiger partial charge >= 0.3 is 0 Å². The van der Waals surface area contributed by atoms with Crippen LogP contribution in [0.15, 0.2) is 10.7 Å². The maximum atomic E-state index is 6.03. The average Bonchev–Trinajstić information content (AvgIpc) is 2.67. The van der Waals surface area contributed by atoms with E-state index in [-0.39, 0.29) is 0 Å². The van der Waals surface area contributed by atoms with Crippen molar-refractivity contribution in [2.24, 2.45) is 0 Å². The fraction of sp³-hybridized carbons (Fsp3) is 0.400. The van der Waals surface area contributed by atoms with Gasteiger partial charge in [-0.25, -0.2) is 9.97 Å². The number of hydrogen-bond donors (Lipinski definition) is 0. The Balaban J connectivity index is 2.19. The summed E-state index contributed by atoms with van der Waals surface area (Å²) in [5.41, 5.74) is 0. The minimum atomic E-state index is 0.480. The summed E-state index contributed by atoms with van der Waals surface area (Å²) in [5.74, 6) is 2.46. The molecule has 0 aliphatic rings. The summed E-state index contributed by atoms with van der Waals surface area (Å²) in [5, 5.41) is 4.32. The Hall–Kier alpha value is -1.69. The lowest BCUT2D eigenvalue weighted by Gasteiger charge is -2.17. The van der Waals surface area contributed by atoms with Crippen molar-refractivity contribution in [3.8, 4) is 0 Å². The molecule has 7 heteroatoms. The van der Waals surface area contributed by atoms with E-state index in [4.69, 9.17) is 16.1 Å². The van der Waals surface area contributed by atoms with Crippen molar-refractivity contribution in [1.82, 2.24) is 20.1 Å². The molecule has 0 aliphatic carbocycles. The van der Waals surface area contributed by atoms with E-state index in [1.807, 2.05) is 18.9 Å². The second-order valence-corrected chi connectivity index (χ2v) is 4.08. The molecule has 0 aliphatic heterocycles. The van der Waals surface area contributed by atoms with Gasteiger partial charge < -0.3 is 9.42 Å². The Morgan fingerprint density at radius 1 is 1.35 bits per heavy atom. The molecule has 6 nitrogen and oxygen atoms in total. The number of anilines is 1. The maximum absolute atomic E-state index is 6.03. The summed E-state index contributed by atoms with van der Waals surface area (Å²) in [6.07, 6.45) is 1.58. The minimum Gasteiger partial charge on any atom is -0.351 e. The van der Waals surface area contributed by atoms with Crippen molar-refractivity contribution in [3.05, 3.63) is 28.8 Å². The van der Waals surface area contributed by atoms with Crippen LogP contribution in [0.2, 0.25) is 5.02 Å². The first kappa shape index (κ1) is 11.8. The van der Waals surface area contributed by atoms with Crippen molar-refractivity contribution in [2.45, 2.75) is 20.4 Å². The monoisotopic (exact) mass is 253 g/mol. The number of rotatable bonds is 3. The van der Waals surface area contributed by atoms with Gasteiger partial charge in [0.25, 0.3) is 0 Å². The zero-order chi connectivity index (χ0) is 12.4. The molecular formula is C10H12ClN5O. The molecule has 0 fully saturated rings. The van der Waals surface area contributed by atoms with E-state index in [0.29, 0.717) is 34.9 Å². The van der Waals surface area contributed by atoms with Gasteiger partial charge in [0, 0.05) is 14.0 Å². The molecule has 0 spiro atoms. The van der Waals surface area contributed by atoms with Crippen LogP contribution in [0.3, 0.4) is 0 Å². The molecule has 0 aromatic carbocycles. The normalized spacial score (nSPS) is 10.6. The van der Waals surface area contributed by atoms with E-state index in [9.17, 15) is 0 Å². The molecule has 0 amide bonds. The summed E-state index contributed by atoms with van der Waals surface area (Å²) in [4.78, 5) is 14.3. The highest BCUT2D eigenvalue weighted by Crippen LogP contribution is 2.22. The smallest absolute Gasteiger partial charge is 0.223 e. The third-order valence-electron chi connectivity index (χ3n) is 2.16. The number of halogens is 1. The fourth-order valence-corrected chi connectivity index (χ4v) is 1.64. The van der Waals surface area contributed by atoms with Gasteiger partial charge in [-0.15, -0.1) is 0 Å². The quantitative estimate of drug-likeness (QED) is 0.830. The number of nitrogens with zero attached hydrogens (tertiary/aromatic N) is 5. The van der Waals surface area contributed by atoms with Gasteiger partial charge in [0.05, 0.1) is 12.7 Å². The highest BCUT2D eigenvalue weighted by atomic mass is 35.5. The molecule has 2 aromatic heterocycles. The molecule has 2 heterocycles. The van der Waals surface area contributed by atoms with Crippen molar-refractivity contribution in [3.63, 3.8) is 0 Å². The van der Waals surface area contributed by atoms with Gasteiger partial charge in [-0.2, -0.15) is 4.98 Å². The Morgan fingerprint density at radius 3 is 2.76 bits per heavy atom. The first-order valence-electron chi connectivity index (χ1n) is 5.05. The number of aryl methyl sites for hydroxylation is 2. The molecule has 0 saturated carbocycles. The van der Waals surface area contributed by atoms with E-state index in [0.717, 1.165) is 0 Å². The Kier molecular flexibility index (Phi) is 3.23. The van der Waals surface area contributed by atoms with Crippen molar-refractivity contribution >= 4 is 17.4 Å². The average molecular weight is 254 g/mol. The van der Waals surface area contributed by atoms with E-state index < -0.39 is 0 Å². The zero-order valence-electron chi connectivity index (χ0n) is 9.81. The van der Waals surface area contributed by atoms with Crippen molar-refractivity contribution in [1.29, 1.82) is 0 Å². The van der Waals surface area contributed by atoms with E-state index in [1.54, 1.807) is 13.1 Å². The molecule has 0 radical (unpaired) electrons. The van der Waals surface area contributed by atoms with Gasteiger partial charge in [-0.05, 0) is 6.92 Å². The number of aromatic nitrogens is 4. The Morgan fingerprint density at radius 2 is 2.12 bits per heavy atom. The zero-order valence-corrected chi connectivity index (χ0v) is 10.6. The molecule has 0 atom stereocenters. The summed E-state index contributed by atoms with van der Waals surface area (Å²) in [7, 11) is 1.86. The van der Waals surface area contributed by atoms with Gasteiger partial charge in [0.15, 0.2) is 11.6 Å². The highest BCUT2D eigenvalue weighted by molar-refractivity contribution is 6.32. The van der Waals surface area contributed by atoms with Crippen LogP contribution in [-0.4, -0.2) is 27.2 Å². The Bertz CT molecular complexity index is 527. The van der Waals surface area contributed by atoms with Gasteiger partial charge in [-0.1, -0.05) is 16.8 Å². The van der Waals surface area contributed by atoms with E-state index in [2.05, 4.69) is 20.1 Å². The largest absolute Gasteiger partial charge is 0.351 e. The van der Waals surface area contributed by atoms with Crippen LogP contribution in [0.5, 0.6) is 0 Å². The molecule has 0 saturated heterocycles. The van der Waals surface area contributed by atoms with Crippen LogP contribution in [0, 0.1) is 13.8 Å². The summed E-state index contributed by atoms with van der Waals surface area (Å²) in [6, 6.07) is 0. The third-order valence-corrected chi connectivity index (χ3v) is 2.42. The van der Waals surface area contributed by atoms with Crippen LogP contribution < -0.4 is 4.90 Å². The lowest BCUT2D eigenvalue weighted by Crippen LogP contribution is -2.19. The van der Waals surface area contributed by atoms with Crippen LogP contribution in [0.4, 0.5) is 5.82 Å². The highest BCUT2D eigenvalue weighted by Gasteiger charge is 2.12. The standard InChI is InChI=1S/C10H12ClN5O/c1-6-12-4-8(11)10(13-6)16(3)5-9-14-7(2)17-15-9/h4H,5H2,1-3H3. The van der Waals surface area contributed by atoms with Gasteiger partial charge in [-0.3, -0.25) is 0 Å². The van der Waals surface area contributed by atoms with E-state index >= 15 is 0 Å². The third kappa shape index (κ3) is 2.71. The van der Waals surface area contributed by atoms with Crippen LogP contribution in [0.1, 0.15) is 17.5 Å². The van der Waals surface area contributed by atoms with Crippen molar-refractivity contribution in [2.75, 3.05) is 11.9 Å². The SMILES string of the molecule is Cc1ncc(Cl)c(N(C)Cc2noc(C)n2)n1. The Labute approximate surface area is 104 Å². The lowest BCUT2D eigenvalue weighted by molar-refractivity contribution is 0.387. The molecule has 17 heavy (non-hydrogen) atoms. The molecular weight excluding hydrogens is 242 g/mol. The predicted molar refractivity (Wildman–Crippen MR) is 62.9 cm³/mol. The van der Waals surface area contributed by atoms with E-state index in [1.165, 1.54) is 0 Å². The molecule has 2 rings (SSSR count). The molecule has 0 bridgehead atoms. The predicted octanol–water partition coefficient (Wildman–Crippen LogP) is 1.77. The molecule has 0 unspecified atom stereocenters. The fourth-order valence-electron chi connectivity index (χ4n) is 1.40. The second-order valence-electron chi connectivity index (χ2n) is 3.67. The molecule has 2 aromatic rings. The summed E-state index contributed by atoms with van der Waals surface area (Å²) in [6.45, 7) is 4.04. The van der Waals surface area contributed by atoms with Crippen LogP contribution in [0.25, 0.3) is 0 Å². The topological polar surface area (TPSA) is 67.9 Å². The van der Waals surface area contributed by atoms with Gasteiger partial charge in [0.2, 0.25) is 5.89 Å². The van der Waals surface area contributed by atoms with Crippen LogP contribution >= 0.6 is 11.6 Å². The first-order valence-corrected chi connectivity index (χ1v) is 5.43. The summed E-state index contributed by atoms with van der Waals surface area (Å²) < 4.78 is 4.90. The molecule has 90 valence electrons. The lowest BCUT2D eigenvalue weighted by atomic mass is 10.4. The minimum absolute atomic E-state index is 0.480. The maximum Gasteiger partial charge on any atom is 0.223 e. The van der Waals surface area contributed by atoms with Crippen molar-refractivity contribution < 1.29 is 4.52 Å². The van der Waals surface area contributed by atoms with Gasteiger partial charge in [0.1, 0.15) is 10.8 Å². The second kappa shape index (κ2) is 4.67. The first-order chi connectivity index (χ1) is 8.06.